The molecule has 1 N–H and O–H groups in total. The van der Waals surface area contributed by atoms with Gasteiger partial charge in [0, 0.05) is 0 Å². The largest absolute Gasteiger partial charge is 0.396 e. The third-order valence-electron chi connectivity index (χ3n) is 2.45. The van der Waals surface area contributed by atoms with Crippen molar-refractivity contribution in [2.75, 3.05) is 13.2 Å². The van der Waals surface area contributed by atoms with Crippen LogP contribution in [0.1, 0.15) is 0 Å². The Morgan fingerprint density at radius 2 is 1.69 bits per heavy atom. The Kier molecular flexibility index (Phi) is 2.01. The molecule has 0 bridgehead atoms. The molecule has 0 saturated carbocycles. The van der Waals surface area contributed by atoms with Crippen LogP contribution in [-0.2, 0) is 9.47 Å². The summed E-state index contributed by atoms with van der Waals surface area (Å²) < 4.78 is 46.5. The van der Waals surface area contributed by atoms with Crippen LogP contribution in [-0.4, -0.2) is 42.8 Å². The molecular weight excluding hydrogens is 189 g/mol. The van der Waals surface area contributed by atoms with E-state index < -0.39 is 37.0 Å². The second-order valence-corrected chi connectivity index (χ2v) is 3.31. The normalized spacial score (nSPS) is 45.2. The molecule has 0 unspecified atom stereocenters. The zero-order chi connectivity index (χ0) is 9.64. The Balaban J connectivity index is 2.11. The standard InChI is InChI=1S/C7H9F3O3/c8-7(9,10)3-1-12-6-4(11)2-13-5(3)6/h3-6,11H,1-2H2/t3-,4+,5+,6-/m0/s1. The molecule has 0 aromatic rings. The molecule has 0 radical (unpaired) electrons. The van der Waals surface area contributed by atoms with Crippen LogP contribution < -0.4 is 0 Å². The predicted molar refractivity (Wildman–Crippen MR) is 35.0 cm³/mol. The van der Waals surface area contributed by atoms with E-state index in [0.29, 0.717) is 0 Å². The minimum atomic E-state index is -4.30. The first-order valence-electron chi connectivity index (χ1n) is 3.98. The molecule has 76 valence electrons. The topological polar surface area (TPSA) is 38.7 Å². The first kappa shape index (κ1) is 9.23. The van der Waals surface area contributed by atoms with Crippen molar-refractivity contribution in [1.82, 2.24) is 0 Å². The van der Waals surface area contributed by atoms with E-state index in [1.807, 2.05) is 0 Å². The number of hydrogen-bond donors (Lipinski definition) is 1. The van der Waals surface area contributed by atoms with Crippen molar-refractivity contribution < 1.29 is 27.8 Å². The molecule has 6 heteroatoms. The van der Waals surface area contributed by atoms with E-state index in [1.54, 1.807) is 0 Å². The van der Waals surface area contributed by atoms with Gasteiger partial charge in [0.2, 0.25) is 0 Å². The van der Waals surface area contributed by atoms with Crippen LogP contribution in [0.5, 0.6) is 0 Å². The number of ether oxygens (including phenoxy) is 2. The van der Waals surface area contributed by atoms with Gasteiger partial charge < -0.3 is 14.6 Å². The smallest absolute Gasteiger partial charge is 0.388 e. The van der Waals surface area contributed by atoms with Gasteiger partial charge in [-0.2, -0.15) is 13.2 Å². The summed E-state index contributed by atoms with van der Waals surface area (Å²) in [5, 5.41) is 9.17. The summed E-state index contributed by atoms with van der Waals surface area (Å²) in [6.45, 7) is -0.474. The summed E-state index contributed by atoms with van der Waals surface area (Å²) >= 11 is 0. The fourth-order valence-electron chi connectivity index (χ4n) is 1.76. The third-order valence-corrected chi connectivity index (χ3v) is 2.45. The van der Waals surface area contributed by atoms with Crippen LogP contribution in [0.15, 0.2) is 0 Å². The molecule has 2 aliphatic heterocycles. The number of halogens is 3. The highest BCUT2D eigenvalue weighted by atomic mass is 19.4. The van der Waals surface area contributed by atoms with Gasteiger partial charge >= 0.3 is 6.18 Å². The number of hydrogen-bond acceptors (Lipinski definition) is 3. The Labute approximate surface area is 72.4 Å². The lowest BCUT2D eigenvalue weighted by molar-refractivity contribution is -0.194. The van der Waals surface area contributed by atoms with Crippen LogP contribution in [0.25, 0.3) is 0 Å². The Bertz CT molecular complexity index is 206. The van der Waals surface area contributed by atoms with E-state index >= 15 is 0 Å². The summed E-state index contributed by atoms with van der Waals surface area (Å²) in [5.41, 5.74) is 0. The van der Waals surface area contributed by atoms with E-state index in [2.05, 4.69) is 0 Å². The first-order valence-corrected chi connectivity index (χ1v) is 3.98. The maximum atomic E-state index is 12.3. The number of rotatable bonds is 0. The van der Waals surface area contributed by atoms with Gasteiger partial charge in [0.25, 0.3) is 0 Å². The van der Waals surface area contributed by atoms with Gasteiger partial charge in [-0.05, 0) is 0 Å². The summed E-state index contributed by atoms with van der Waals surface area (Å²) in [5.74, 6) is -1.59. The summed E-state index contributed by atoms with van der Waals surface area (Å²) in [7, 11) is 0. The monoisotopic (exact) mass is 198 g/mol. The van der Waals surface area contributed by atoms with E-state index in [-0.39, 0.29) is 6.61 Å². The molecule has 4 atom stereocenters. The van der Waals surface area contributed by atoms with Gasteiger partial charge in [-0.1, -0.05) is 0 Å². The lowest BCUT2D eigenvalue weighted by Crippen LogP contribution is -2.36. The highest BCUT2D eigenvalue weighted by molar-refractivity contribution is 4.96. The number of fused-ring (bicyclic) bond motifs is 1. The summed E-state index contributed by atoms with van der Waals surface area (Å²) in [4.78, 5) is 0. The van der Waals surface area contributed by atoms with Gasteiger partial charge in [-0.3, -0.25) is 0 Å². The van der Waals surface area contributed by atoms with Crippen molar-refractivity contribution in [1.29, 1.82) is 0 Å². The van der Waals surface area contributed by atoms with Crippen molar-refractivity contribution >= 4 is 0 Å². The van der Waals surface area contributed by atoms with Crippen LogP contribution in [0.4, 0.5) is 13.2 Å². The van der Waals surface area contributed by atoms with Crippen molar-refractivity contribution in [3.63, 3.8) is 0 Å². The highest BCUT2D eigenvalue weighted by Crippen LogP contribution is 2.40. The molecule has 0 amide bonds. The van der Waals surface area contributed by atoms with Crippen LogP contribution in [0.3, 0.4) is 0 Å². The molecule has 0 aromatic heterocycles. The lowest BCUT2D eigenvalue weighted by atomic mass is 10.0. The van der Waals surface area contributed by atoms with Crippen molar-refractivity contribution in [3.05, 3.63) is 0 Å². The van der Waals surface area contributed by atoms with E-state index in [9.17, 15) is 13.2 Å². The average Bonchev–Trinajstić information content (AvgIpc) is 2.51. The first-order chi connectivity index (χ1) is 6.00. The van der Waals surface area contributed by atoms with Crippen molar-refractivity contribution in [2.45, 2.75) is 24.5 Å². The molecule has 2 rings (SSSR count). The zero-order valence-electron chi connectivity index (χ0n) is 6.62. The quantitative estimate of drug-likeness (QED) is 0.609. The molecule has 2 heterocycles. The predicted octanol–water partition coefficient (Wildman–Crippen LogP) is 0.323. The van der Waals surface area contributed by atoms with Crippen LogP contribution in [0.2, 0.25) is 0 Å². The fraction of sp³-hybridized carbons (Fsp3) is 1.00. The summed E-state index contributed by atoms with van der Waals surface area (Å²) in [6.07, 6.45) is -7.04. The molecule has 0 spiro atoms. The van der Waals surface area contributed by atoms with Gasteiger partial charge in [0.15, 0.2) is 0 Å². The zero-order valence-corrected chi connectivity index (χ0v) is 6.62. The maximum absolute atomic E-state index is 12.3. The van der Waals surface area contributed by atoms with E-state index in [0.717, 1.165) is 0 Å². The molecule has 13 heavy (non-hydrogen) atoms. The van der Waals surface area contributed by atoms with Gasteiger partial charge in [0.05, 0.1) is 13.2 Å². The molecule has 2 saturated heterocycles. The summed E-state index contributed by atoms with van der Waals surface area (Å²) in [6, 6.07) is 0. The van der Waals surface area contributed by atoms with Gasteiger partial charge in [0.1, 0.15) is 24.2 Å². The van der Waals surface area contributed by atoms with E-state index in [1.165, 1.54) is 0 Å². The van der Waals surface area contributed by atoms with Crippen LogP contribution in [0, 0.1) is 5.92 Å². The molecular formula is C7H9F3O3. The SMILES string of the molecule is O[C@@H]1CO[C@H]2[C@H]1OC[C@@H]2C(F)(F)F. The highest BCUT2D eigenvalue weighted by Gasteiger charge is 2.57. The molecule has 2 fully saturated rings. The lowest BCUT2D eigenvalue weighted by Gasteiger charge is -2.18. The Hall–Kier alpha value is -0.330. The molecule has 2 aliphatic rings. The second-order valence-electron chi connectivity index (χ2n) is 3.31. The fourth-order valence-corrected chi connectivity index (χ4v) is 1.76. The molecule has 0 aliphatic carbocycles. The number of alkyl halides is 3. The Morgan fingerprint density at radius 1 is 1.08 bits per heavy atom. The maximum Gasteiger partial charge on any atom is 0.396 e. The molecule has 0 aromatic carbocycles. The van der Waals surface area contributed by atoms with E-state index in [4.69, 9.17) is 14.6 Å². The average molecular weight is 198 g/mol. The Morgan fingerprint density at radius 3 is 2.31 bits per heavy atom. The number of aliphatic hydroxyl groups excluding tert-OH is 1. The van der Waals surface area contributed by atoms with Gasteiger partial charge in [-0.15, -0.1) is 0 Å². The third kappa shape index (κ3) is 1.43. The van der Waals surface area contributed by atoms with Gasteiger partial charge in [-0.25, -0.2) is 0 Å². The van der Waals surface area contributed by atoms with Crippen molar-refractivity contribution in [2.24, 2.45) is 5.92 Å². The molecule has 3 nitrogen and oxygen atoms in total. The van der Waals surface area contributed by atoms with Crippen molar-refractivity contribution in [3.8, 4) is 0 Å². The minimum absolute atomic E-state index is 0.0675. The second kappa shape index (κ2) is 2.83. The number of aliphatic hydroxyl groups is 1. The minimum Gasteiger partial charge on any atom is -0.388 e. The van der Waals surface area contributed by atoms with Crippen LogP contribution >= 0.6 is 0 Å².